The molecule has 9 nitrogen and oxygen atoms in total. The second-order valence-electron chi connectivity index (χ2n) is 29.1. The Labute approximate surface area is 630 Å². The molecular formula is C92H159NO8P+. The molecule has 0 bridgehead atoms. The Kier molecular flexibility index (Phi) is 77.3. The fraction of sp³-hybridized carbons (Fsp3) is 0.696. The van der Waals surface area contributed by atoms with Crippen LogP contribution in [-0.4, -0.2) is 74.9 Å². The first-order chi connectivity index (χ1) is 50.0. The zero-order valence-corrected chi connectivity index (χ0v) is 67.7. The summed E-state index contributed by atoms with van der Waals surface area (Å²) in [5.41, 5.74) is 0. The minimum Gasteiger partial charge on any atom is -0.462 e. The summed E-state index contributed by atoms with van der Waals surface area (Å²) in [4.78, 5) is 36.0. The number of hydrogen-bond donors (Lipinski definition) is 1. The molecule has 0 aromatic carbocycles. The predicted molar refractivity (Wildman–Crippen MR) is 445 cm³/mol. The van der Waals surface area contributed by atoms with Crippen LogP contribution in [0.2, 0.25) is 0 Å². The fourth-order valence-electron chi connectivity index (χ4n) is 11.6. The van der Waals surface area contributed by atoms with Gasteiger partial charge in [0.2, 0.25) is 0 Å². The maximum atomic E-state index is 12.9. The molecule has 10 heteroatoms. The van der Waals surface area contributed by atoms with Gasteiger partial charge in [-0.2, -0.15) is 0 Å². The number of phosphoric acid groups is 1. The molecule has 0 radical (unpaired) electrons. The van der Waals surface area contributed by atoms with Crippen LogP contribution in [0, 0.1) is 0 Å². The van der Waals surface area contributed by atoms with E-state index in [1.807, 2.05) is 21.1 Å². The van der Waals surface area contributed by atoms with Crippen LogP contribution in [0.3, 0.4) is 0 Å². The molecule has 0 rings (SSSR count). The Hall–Kier alpha value is -4.37. The van der Waals surface area contributed by atoms with Crippen LogP contribution in [-0.2, 0) is 32.7 Å². The molecular weight excluding hydrogens is 1280 g/mol. The Morgan fingerprint density at radius 1 is 0.314 bits per heavy atom. The molecule has 0 fully saturated rings. The van der Waals surface area contributed by atoms with Crippen LogP contribution < -0.4 is 0 Å². The van der Waals surface area contributed by atoms with E-state index >= 15 is 0 Å². The number of carbonyl (C=O) groups is 2. The summed E-state index contributed by atoms with van der Waals surface area (Å²) in [6.07, 6.45) is 121. The van der Waals surface area contributed by atoms with Gasteiger partial charge in [0, 0.05) is 12.8 Å². The molecule has 584 valence electrons. The second kappa shape index (κ2) is 80.7. The number of esters is 2. The summed E-state index contributed by atoms with van der Waals surface area (Å²) in [5, 5.41) is 0. The highest BCUT2D eigenvalue weighted by atomic mass is 31.2. The molecule has 0 aromatic rings. The SMILES string of the molecule is CC/C=C\C/C=C\C/C=C\C/C=C\C/C=C\C/C=C\C/C=C\C/C=C\C/C=C\C/C=C\C/C=C\CCCCCC(=O)OC(COC(=O)CCCCCCCCCCCCCCCCCCCCCCCCCCCCCCC/C=C\C/C=C\CCCCCCC)COP(=O)(O)OCC[N+](C)(C)C. The average molecular weight is 1440 g/mol. The lowest BCUT2D eigenvalue weighted by molar-refractivity contribution is -0.870. The van der Waals surface area contributed by atoms with Gasteiger partial charge in [-0.25, -0.2) is 4.57 Å². The van der Waals surface area contributed by atoms with Crippen LogP contribution in [0.5, 0.6) is 0 Å². The molecule has 0 spiro atoms. The van der Waals surface area contributed by atoms with Crippen molar-refractivity contribution in [2.24, 2.45) is 0 Å². The van der Waals surface area contributed by atoms with Crippen molar-refractivity contribution >= 4 is 19.8 Å². The Morgan fingerprint density at radius 3 is 0.843 bits per heavy atom. The van der Waals surface area contributed by atoms with Crippen LogP contribution in [0.1, 0.15) is 361 Å². The molecule has 0 heterocycles. The molecule has 2 unspecified atom stereocenters. The minimum atomic E-state index is -4.42. The van der Waals surface area contributed by atoms with Crippen LogP contribution >= 0.6 is 7.82 Å². The standard InChI is InChI=1S/C92H158NO8P/c1-6-8-10-12-14-16-18-20-22-24-26-28-30-32-34-36-38-40-42-44-45-46-47-49-50-52-54-56-58-60-62-64-66-68-70-72-74-76-78-80-82-84-91(94)98-88-90(89-100-102(96,97)99-87-86-93(3,4)5)101-92(95)85-83-81-79-77-75-73-71-69-67-65-63-61-59-57-55-53-51-48-43-41-39-37-35-33-31-29-27-25-23-21-19-17-15-13-11-9-7-2/h9,11,15,17-18,20-21,23-24,26-27,29,33,35,39,41,48,51,55,57,61,63,67,69,73,75,90H,6-8,10,12-14,16,19,22,25,28,30-32,34,36-38,40,42-47,49-50,52-54,56,58-60,62,64-66,68,70-72,74,76-89H2,1-5H3/p+1/b11-9-,17-15-,20-18-,23-21-,26-24-,29-27-,35-33-,41-39-,51-48-,57-55-,63-61-,69-67-,75-73-. The number of ether oxygens (including phenoxy) is 2. The van der Waals surface area contributed by atoms with Gasteiger partial charge in [-0.15, -0.1) is 0 Å². The number of likely N-dealkylation sites (N-methyl/N-ethyl adjacent to an activating group) is 1. The zero-order valence-electron chi connectivity index (χ0n) is 66.8. The lowest BCUT2D eigenvalue weighted by Gasteiger charge is -2.24. The average Bonchev–Trinajstić information content (AvgIpc) is 0.913. The van der Waals surface area contributed by atoms with Crippen molar-refractivity contribution in [3.05, 3.63) is 158 Å². The van der Waals surface area contributed by atoms with Crippen LogP contribution in [0.4, 0.5) is 0 Å². The maximum absolute atomic E-state index is 12.9. The highest BCUT2D eigenvalue weighted by Gasteiger charge is 2.27. The van der Waals surface area contributed by atoms with Gasteiger partial charge in [0.1, 0.15) is 19.8 Å². The maximum Gasteiger partial charge on any atom is 0.472 e. The molecule has 2 atom stereocenters. The predicted octanol–water partition coefficient (Wildman–Crippen LogP) is 28.6. The van der Waals surface area contributed by atoms with E-state index in [2.05, 4.69) is 172 Å². The van der Waals surface area contributed by atoms with E-state index in [1.165, 1.54) is 212 Å². The Bertz CT molecular complexity index is 2290. The second-order valence-corrected chi connectivity index (χ2v) is 30.6. The first kappa shape index (κ1) is 97.6. The van der Waals surface area contributed by atoms with E-state index in [0.717, 1.165) is 116 Å². The monoisotopic (exact) mass is 1440 g/mol. The van der Waals surface area contributed by atoms with Crippen molar-refractivity contribution in [2.75, 3.05) is 47.5 Å². The Morgan fingerprint density at radius 2 is 0.559 bits per heavy atom. The van der Waals surface area contributed by atoms with Crippen LogP contribution in [0.25, 0.3) is 0 Å². The number of carbonyl (C=O) groups excluding carboxylic acids is 2. The number of phosphoric ester groups is 1. The summed E-state index contributed by atoms with van der Waals surface area (Å²) >= 11 is 0. The van der Waals surface area contributed by atoms with E-state index in [4.69, 9.17) is 18.5 Å². The quantitative estimate of drug-likeness (QED) is 0.0211. The van der Waals surface area contributed by atoms with E-state index in [9.17, 15) is 19.0 Å². The van der Waals surface area contributed by atoms with Gasteiger partial charge in [0.15, 0.2) is 6.10 Å². The molecule has 0 saturated heterocycles. The molecule has 0 aromatic heterocycles. The molecule has 0 amide bonds. The normalized spacial score (nSPS) is 13.8. The van der Waals surface area contributed by atoms with E-state index < -0.39 is 26.5 Å². The van der Waals surface area contributed by atoms with Crippen molar-refractivity contribution < 1.29 is 42.1 Å². The van der Waals surface area contributed by atoms with Crippen molar-refractivity contribution in [1.82, 2.24) is 0 Å². The first-order valence-corrected chi connectivity index (χ1v) is 43.7. The first-order valence-electron chi connectivity index (χ1n) is 42.2. The molecule has 0 aliphatic carbocycles. The third-order valence-electron chi connectivity index (χ3n) is 18.0. The summed E-state index contributed by atoms with van der Waals surface area (Å²) in [6, 6.07) is 0. The van der Waals surface area contributed by atoms with Crippen LogP contribution in [0.15, 0.2) is 158 Å². The number of unbranched alkanes of at least 4 members (excludes halogenated alkanes) is 37. The summed E-state index contributed by atoms with van der Waals surface area (Å²) < 4.78 is 34.8. The lowest BCUT2D eigenvalue weighted by Crippen LogP contribution is -2.37. The van der Waals surface area contributed by atoms with Gasteiger partial charge in [-0.3, -0.25) is 18.6 Å². The van der Waals surface area contributed by atoms with Gasteiger partial charge in [0.05, 0.1) is 27.7 Å². The smallest absolute Gasteiger partial charge is 0.462 e. The number of quaternary nitrogens is 1. The third kappa shape index (κ3) is 84.6. The van der Waals surface area contributed by atoms with E-state index in [1.54, 1.807) is 0 Å². The molecule has 0 aliphatic rings. The van der Waals surface area contributed by atoms with E-state index in [-0.39, 0.29) is 32.0 Å². The van der Waals surface area contributed by atoms with Crippen molar-refractivity contribution in [3.8, 4) is 0 Å². The van der Waals surface area contributed by atoms with Crippen molar-refractivity contribution in [2.45, 2.75) is 367 Å². The lowest BCUT2D eigenvalue weighted by atomic mass is 10.0. The van der Waals surface area contributed by atoms with Crippen molar-refractivity contribution in [3.63, 3.8) is 0 Å². The van der Waals surface area contributed by atoms with Gasteiger partial charge >= 0.3 is 19.8 Å². The molecule has 102 heavy (non-hydrogen) atoms. The highest BCUT2D eigenvalue weighted by Crippen LogP contribution is 2.43. The molecule has 0 saturated carbocycles. The van der Waals surface area contributed by atoms with Gasteiger partial charge in [0.25, 0.3) is 0 Å². The van der Waals surface area contributed by atoms with E-state index in [0.29, 0.717) is 17.4 Å². The van der Waals surface area contributed by atoms with Gasteiger partial charge < -0.3 is 18.9 Å². The Balaban J connectivity index is 4.02. The summed E-state index contributed by atoms with van der Waals surface area (Å²) in [5.74, 6) is -0.833. The largest absolute Gasteiger partial charge is 0.472 e. The molecule has 0 aliphatic heterocycles. The van der Waals surface area contributed by atoms with Gasteiger partial charge in [-0.1, -0.05) is 377 Å². The van der Waals surface area contributed by atoms with Gasteiger partial charge in [-0.05, 0) is 128 Å². The highest BCUT2D eigenvalue weighted by molar-refractivity contribution is 7.47. The number of rotatable bonds is 77. The number of nitrogens with zero attached hydrogens (tertiary/aromatic N) is 1. The zero-order chi connectivity index (χ0) is 74.0. The number of hydrogen-bond acceptors (Lipinski definition) is 7. The number of allylic oxidation sites excluding steroid dienone is 26. The summed E-state index contributed by atoms with van der Waals surface area (Å²) in [6.45, 7) is 4.29. The van der Waals surface area contributed by atoms with Crippen molar-refractivity contribution in [1.29, 1.82) is 0 Å². The summed E-state index contributed by atoms with van der Waals surface area (Å²) in [7, 11) is 1.45. The topological polar surface area (TPSA) is 108 Å². The third-order valence-corrected chi connectivity index (χ3v) is 19.0. The fourth-order valence-corrected chi connectivity index (χ4v) is 12.4. The minimum absolute atomic E-state index is 0.0186. The molecule has 1 N–H and O–H groups in total.